The van der Waals surface area contributed by atoms with Crippen molar-refractivity contribution >= 4 is 45.0 Å². The van der Waals surface area contributed by atoms with Crippen LogP contribution in [0.15, 0.2) is 83.8 Å². The second-order valence-electron chi connectivity index (χ2n) is 10.9. The van der Waals surface area contributed by atoms with Crippen LogP contribution in [0.5, 0.6) is 0 Å². The normalized spacial score (nSPS) is 12.7. The first-order valence-corrected chi connectivity index (χ1v) is 15.6. The Labute approximate surface area is 253 Å². The average molecular weight is 619 g/mol. The zero-order valence-electron chi connectivity index (χ0n) is 23.8. The van der Waals surface area contributed by atoms with Gasteiger partial charge in [0, 0.05) is 54.1 Å². The Hall–Kier alpha value is -2.91. The largest absolute Gasteiger partial charge is 0.350 e. The fraction of sp³-hybridized carbons (Fsp3) is 0.355. The molecule has 0 saturated heterocycles. The third-order valence-electron chi connectivity index (χ3n) is 6.47. The summed E-state index contributed by atoms with van der Waals surface area (Å²) >= 11 is 13.0. The molecule has 7 nitrogen and oxygen atoms in total. The Kier molecular flexibility index (Phi) is 11.4. The molecule has 0 saturated carbocycles. The predicted molar refractivity (Wildman–Crippen MR) is 164 cm³/mol. The minimum Gasteiger partial charge on any atom is -0.350 e. The Morgan fingerprint density at radius 3 is 2.00 bits per heavy atom. The van der Waals surface area contributed by atoms with Gasteiger partial charge in [-0.15, -0.1) is 0 Å². The van der Waals surface area contributed by atoms with Gasteiger partial charge in [0.2, 0.25) is 21.8 Å². The van der Waals surface area contributed by atoms with Gasteiger partial charge in [-0.2, -0.15) is 0 Å². The van der Waals surface area contributed by atoms with E-state index in [0.717, 1.165) is 5.56 Å². The summed E-state index contributed by atoms with van der Waals surface area (Å²) in [6.45, 7) is 5.78. The van der Waals surface area contributed by atoms with Crippen molar-refractivity contribution in [2.75, 3.05) is 13.6 Å². The Morgan fingerprint density at radius 1 is 0.878 bits per heavy atom. The van der Waals surface area contributed by atoms with E-state index in [9.17, 15) is 18.0 Å². The third-order valence-corrected chi connectivity index (χ3v) is 9.05. The van der Waals surface area contributed by atoms with Crippen LogP contribution in [0, 0.1) is 0 Å². The van der Waals surface area contributed by atoms with Gasteiger partial charge in [-0.05, 0) is 57.0 Å². The van der Waals surface area contributed by atoms with Gasteiger partial charge in [-0.1, -0.05) is 77.8 Å². The van der Waals surface area contributed by atoms with Crippen LogP contribution in [0.2, 0.25) is 10.0 Å². The smallest absolute Gasteiger partial charge is 0.243 e. The summed E-state index contributed by atoms with van der Waals surface area (Å²) in [4.78, 5) is 29.2. The highest BCUT2D eigenvalue weighted by Crippen LogP contribution is 2.28. The number of nitrogens with zero attached hydrogens (tertiary/aromatic N) is 2. The summed E-state index contributed by atoms with van der Waals surface area (Å²) in [5.74, 6) is -0.613. The summed E-state index contributed by atoms with van der Waals surface area (Å²) in [5.41, 5.74) is 0.893. The molecule has 10 heteroatoms. The van der Waals surface area contributed by atoms with Crippen LogP contribution in [0.25, 0.3) is 0 Å². The maximum Gasteiger partial charge on any atom is 0.243 e. The number of benzene rings is 3. The lowest BCUT2D eigenvalue weighted by Crippen LogP contribution is -2.54. The minimum atomic E-state index is -3.70. The van der Waals surface area contributed by atoms with Gasteiger partial charge in [-0.25, -0.2) is 12.7 Å². The molecule has 0 aliphatic rings. The number of nitrogens with one attached hydrogen (secondary N) is 1. The summed E-state index contributed by atoms with van der Waals surface area (Å²) in [7, 11) is -2.21. The molecule has 0 radical (unpaired) electrons. The fourth-order valence-corrected chi connectivity index (χ4v) is 6.10. The van der Waals surface area contributed by atoms with Gasteiger partial charge in [-0.3, -0.25) is 9.59 Å². The van der Waals surface area contributed by atoms with Crippen LogP contribution in [0.1, 0.15) is 44.7 Å². The van der Waals surface area contributed by atoms with Gasteiger partial charge in [0.1, 0.15) is 6.04 Å². The molecule has 220 valence electrons. The molecule has 0 fully saturated rings. The van der Waals surface area contributed by atoms with Crippen molar-refractivity contribution in [2.24, 2.45) is 0 Å². The summed E-state index contributed by atoms with van der Waals surface area (Å²) in [5, 5.41) is 3.79. The number of hydrogen-bond donors (Lipinski definition) is 1. The number of rotatable bonds is 12. The first-order chi connectivity index (χ1) is 19.3. The SMILES string of the molecule is CN(CCCC(=O)N(Cc1c(Cl)cccc1Cl)[C@H](Cc1ccccc1)C(=O)NC(C)(C)C)S(=O)(=O)c1ccccc1. The summed E-state index contributed by atoms with van der Waals surface area (Å²) in [6.07, 6.45) is 0.552. The molecule has 0 aliphatic carbocycles. The van der Waals surface area contributed by atoms with Gasteiger partial charge in [0.15, 0.2) is 0 Å². The molecule has 3 aromatic rings. The number of carbonyl (C=O) groups excluding carboxylic acids is 2. The second-order valence-corrected chi connectivity index (χ2v) is 13.8. The van der Waals surface area contributed by atoms with Crippen molar-refractivity contribution in [3.8, 4) is 0 Å². The van der Waals surface area contributed by atoms with Crippen molar-refractivity contribution in [3.05, 3.63) is 100 Å². The molecule has 3 rings (SSSR count). The zero-order valence-corrected chi connectivity index (χ0v) is 26.1. The Balaban J connectivity index is 1.89. The molecule has 3 aromatic carbocycles. The topological polar surface area (TPSA) is 86.8 Å². The molecular formula is C31H37Cl2N3O4S. The molecule has 0 unspecified atom stereocenters. The van der Waals surface area contributed by atoms with E-state index in [1.165, 1.54) is 28.4 Å². The lowest BCUT2D eigenvalue weighted by molar-refractivity contribution is -0.142. The van der Waals surface area contributed by atoms with E-state index in [4.69, 9.17) is 23.2 Å². The van der Waals surface area contributed by atoms with Crippen molar-refractivity contribution in [1.29, 1.82) is 0 Å². The number of carbonyl (C=O) groups is 2. The highest BCUT2D eigenvalue weighted by atomic mass is 35.5. The van der Waals surface area contributed by atoms with E-state index in [2.05, 4.69) is 5.32 Å². The Bertz CT molecular complexity index is 1410. The van der Waals surface area contributed by atoms with Gasteiger partial charge < -0.3 is 10.2 Å². The Morgan fingerprint density at radius 2 is 1.44 bits per heavy atom. The second kappa shape index (κ2) is 14.3. The quantitative estimate of drug-likeness (QED) is 0.272. The monoisotopic (exact) mass is 617 g/mol. The van der Waals surface area contributed by atoms with Crippen molar-refractivity contribution in [3.63, 3.8) is 0 Å². The zero-order chi connectivity index (χ0) is 30.2. The van der Waals surface area contributed by atoms with Crippen molar-refractivity contribution < 1.29 is 18.0 Å². The van der Waals surface area contributed by atoms with Gasteiger partial charge in [0.25, 0.3) is 0 Å². The van der Waals surface area contributed by atoms with Crippen LogP contribution in [0.4, 0.5) is 0 Å². The standard InChI is InChI=1S/C31H37Cl2N3O4S/c1-31(2,3)34-30(38)28(21-23-13-7-5-8-14-23)36(22-25-26(32)17-11-18-27(25)33)29(37)19-12-20-35(4)41(39,40)24-15-9-6-10-16-24/h5-11,13-18,28H,12,19-22H2,1-4H3,(H,34,38)/t28-/m1/s1. The van der Waals surface area contributed by atoms with E-state index in [1.807, 2.05) is 51.1 Å². The number of amides is 2. The van der Waals surface area contributed by atoms with Gasteiger partial charge >= 0.3 is 0 Å². The molecule has 1 N–H and O–H groups in total. The maximum absolute atomic E-state index is 13.9. The molecule has 0 aliphatic heterocycles. The van der Waals surface area contributed by atoms with Crippen molar-refractivity contribution in [1.82, 2.24) is 14.5 Å². The van der Waals surface area contributed by atoms with Crippen LogP contribution in [-0.4, -0.2) is 54.6 Å². The lowest BCUT2D eigenvalue weighted by atomic mass is 10.00. The van der Waals surface area contributed by atoms with Crippen LogP contribution in [-0.2, 0) is 32.6 Å². The predicted octanol–water partition coefficient (Wildman–Crippen LogP) is 5.95. The molecule has 0 aromatic heterocycles. The maximum atomic E-state index is 13.9. The van der Waals surface area contributed by atoms with E-state index < -0.39 is 21.6 Å². The summed E-state index contributed by atoms with van der Waals surface area (Å²) < 4.78 is 27.1. The summed E-state index contributed by atoms with van der Waals surface area (Å²) in [6, 6.07) is 21.9. The van der Waals surface area contributed by atoms with Crippen LogP contribution in [0.3, 0.4) is 0 Å². The van der Waals surface area contributed by atoms with Crippen molar-refractivity contribution in [2.45, 2.75) is 63.1 Å². The molecule has 2 amide bonds. The average Bonchev–Trinajstić information content (AvgIpc) is 2.92. The number of sulfonamides is 1. The molecule has 0 bridgehead atoms. The fourth-order valence-electron chi connectivity index (χ4n) is 4.35. The van der Waals surface area contributed by atoms with Crippen LogP contribution < -0.4 is 5.32 Å². The van der Waals surface area contributed by atoms with E-state index >= 15 is 0 Å². The highest BCUT2D eigenvalue weighted by molar-refractivity contribution is 7.89. The first kappa shape index (κ1) is 32.6. The van der Waals surface area contributed by atoms with E-state index in [-0.39, 0.29) is 49.1 Å². The molecule has 1 atom stereocenters. The number of halogens is 2. The molecule has 0 heterocycles. The lowest BCUT2D eigenvalue weighted by Gasteiger charge is -2.34. The molecule has 0 spiro atoms. The van der Waals surface area contributed by atoms with Gasteiger partial charge in [0.05, 0.1) is 4.90 Å². The van der Waals surface area contributed by atoms with Crippen LogP contribution >= 0.6 is 23.2 Å². The third kappa shape index (κ3) is 9.30. The first-order valence-electron chi connectivity index (χ1n) is 13.4. The number of hydrogen-bond acceptors (Lipinski definition) is 4. The van der Waals surface area contributed by atoms with E-state index in [1.54, 1.807) is 36.4 Å². The highest BCUT2D eigenvalue weighted by Gasteiger charge is 2.33. The molecule has 41 heavy (non-hydrogen) atoms. The molecular weight excluding hydrogens is 581 g/mol. The van der Waals surface area contributed by atoms with E-state index in [0.29, 0.717) is 15.6 Å². The minimum absolute atomic E-state index is 0.0184.